The van der Waals surface area contributed by atoms with Crippen LogP contribution in [-0.2, 0) is 0 Å². The summed E-state index contributed by atoms with van der Waals surface area (Å²) in [4.78, 5) is 0. The van der Waals surface area contributed by atoms with E-state index in [2.05, 4.69) is 33.0 Å². The summed E-state index contributed by atoms with van der Waals surface area (Å²) in [5.74, 6) is 1.20. The number of nitrogens with two attached hydrogens (primary N) is 1. The minimum atomic E-state index is 0.362. The van der Waals surface area contributed by atoms with Gasteiger partial charge in [0.25, 0.3) is 0 Å². The Labute approximate surface area is 69.5 Å². The molecule has 4 atom stereocenters. The quantitative estimate of drug-likeness (QED) is 0.548. The number of nitrogens with one attached hydrogen (secondary N) is 1. The van der Waals surface area contributed by atoms with Gasteiger partial charge < -0.3 is 11.1 Å². The Balaban J connectivity index is 2.63. The number of rotatable bonds is 0. The van der Waals surface area contributed by atoms with Crippen LogP contribution in [0.1, 0.15) is 27.7 Å². The van der Waals surface area contributed by atoms with Crippen LogP contribution in [0.2, 0.25) is 0 Å². The van der Waals surface area contributed by atoms with Crippen molar-refractivity contribution < 1.29 is 0 Å². The van der Waals surface area contributed by atoms with E-state index < -0.39 is 0 Å². The number of piperidine rings is 1. The van der Waals surface area contributed by atoms with E-state index in [9.17, 15) is 0 Å². The van der Waals surface area contributed by atoms with Gasteiger partial charge in [0, 0.05) is 18.1 Å². The molecule has 1 aliphatic rings. The monoisotopic (exact) mass is 156 g/mol. The van der Waals surface area contributed by atoms with Crippen LogP contribution in [0.25, 0.3) is 0 Å². The molecule has 1 saturated heterocycles. The van der Waals surface area contributed by atoms with Crippen LogP contribution in [0.3, 0.4) is 0 Å². The van der Waals surface area contributed by atoms with Crippen molar-refractivity contribution in [2.75, 3.05) is 0 Å². The van der Waals surface area contributed by atoms with E-state index in [-0.39, 0.29) is 0 Å². The molecule has 1 heterocycles. The Morgan fingerprint density at radius 3 is 1.64 bits per heavy atom. The predicted molar refractivity (Wildman–Crippen MR) is 48.4 cm³/mol. The van der Waals surface area contributed by atoms with Crippen molar-refractivity contribution in [3.63, 3.8) is 0 Å². The van der Waals surface area contributed by atoms with Gasteiger partial charge in [0.1, 0.15) is 0 Å². The molecule has 0 saturated carbocycles. The summed E-state index contributed by atoms with van der Waals surface area (Å²) in [5.41, 5.74) is 6.06. The molecule has 0 aliphatic carbocycles. The van der Waals surface area contributed by atoms with Crippen molar-refractivity contribution in [2.24, 2.45) is 17.6 Å². The third-order valence-corrected chi connectivity index (χ3v) is 3.32. The fraction of sp³-hybridized carbons (Fsp3) is 1.00. The van der Waals surface area contributed by atoms with E-state index in [1.54, 1.807) is 0 Å². The standard InChI is InChI=1S/C9H20N2/c1-5-7(3)11-8(4)6(2)9(5)10/h5-9,11H,10H2,1-4H3. The normalized spacial score (nSPS) is 52.6. The summed E-state index contributed by atoms with van der Waals surface area (Å²) in [5, 5.41) is 3.53. The molecule has 0 bridgehead atoms. The first kappa shape index (κ1) is 9.01. The van der Waals surface area contributed by atoms with Gasteiger partial charge in [-0.2, -0.15) is 0 Å². The molecule has 3 N–H and O–H groups in total. The van der Waals surface area contributed by atoms with Crippen molar-refractivity contribution in [2.45, 2.75) is 45.8 Å². The molecule has 2 nitrogen and oxygen atoms in total. The van der Waals surface area contributed by atoms with E-state index in [0.717, 1.165) is 0 Å². The second-order valence-corrected chi connectivity index (χ2v) is 4.04. The largest absolute Gasteiger partial charge is 0.327 e. The Morgan fingerprint density at radius 1 is 0.909 bits per heavy atom. The minimum absolute atomic E-state index is 0.362. The van der Waals surface area contributed by atoms with Crippen molar-refractivity contribution in [3.05, 3.63) is 0 Å². The Hall–Kier alpha value is -0.0800. The summed E-state index contributed by atoms with van der Waals surface area (Å²) >= 11 is 0. The van der Waals surface area contributed by atoms with Crippen LogP contribution in [-0.4, -0.2) is 18.1 Å². The first-order valence-electron chi connectivity index (χ1n) is 4.55. The lowest BCUT2D eigenvalue weighted by Gasteiger charge is -2.41. The fourth-order valence-electron chi connectivity index (χ4n) is 1.86. The smallest absolute Gasteiger partial charge is 0.0120 e. The van der Waals surface area contributed by atoms with Crippen molar-refractivity contribution in [1.82, 2.24) is 5.32 Å². The molecular weight excluding hydrogens is 136 g/mol. The molecular formula is C9H20N2. The number of hydrogen-bond donors (Lipinski definition) is 2. The van der Waals surface area contributed by atoms with Gasteiger partial charge in [0.15, 0.2) is 0 Å². The highest BCUT2D eigenvalue weighted by Crippen LogP contribution is 2.23. The second-order valence-electron chi connectivity index (χ2n) is 4.04. The maximum atomic E-state index is 6.06. The van der Waals surface area contributed by atoms with Gasteiger partial charge in [-0.3, -0.25) is 0 Å². The van der Waals surface area contributed by atoms with Gasteiger partial charge in [-0.1, -0.05) is 13.8 Å². The molecule has 0 aromatic rings. The molecule has 0 radical (unpaired) electrons. The Morgan fingerprint density at radius 2 is 1.27 bits per heavy atom. The SMILES string of the molecule is CC1NC(C)C(C)C(N)C1C. The molecule has 4 unspecified atom stereocenters. The lowest BCUT2D eigenvalue weighted by atomic mass is 9.79. The molecule has 0 aromatic heterocycles. The first-order valence-corrected chi connectivity index (χ1v) is 4.55. The van der Waals surface area contributed by atoms with E-state index in [0.29, 0.717) is 30.0 Å². The van der Waals surface area contributed by atoms with Crippen LogP contribution in [0, 0.1) is 11.8 Å². The van der Waals surface area contributed by atoms with Gasteiger partial charge >= 0.3 is 0 Å². The zero-order chi connectivity index (χ0) is 8.59. The van der Waals surface area contributed by atoms with Gasteiger partial charge in [-0.15, -0.1) is 0 Å². The maximum absolute atomic E-state index is 6.06. The van der Waals surface area contributed by atoms with Crippen molar-refractivity contribution in [1.29, 1.82) is 0 Å². The maximum Gasteiger partial charge on any atom is 0.0120 e. The van der Waals surface area contributed by atoms with Crippen molar-refractivity contribution >= 4 is 0 Å². The average molecular weight is 156 g/mol. The first-order chi connectivity index (χ1) is 5.04. The third kappa shape index (κ3) is 1.57. The zero-order valence-corrected chi connectivity index (χ0v) is 7.96. The van der Waals surface area contributed by atoms with Crippen LogP contribution in [0.15, 0.2) is 0 Å². The molecule has 2 heteroatoms. The molecule has 1 rings (SSSR count). The molecule has 66 valence electrons. The fourth-order valence-corrected chi connectivity index (χ4v) is 1.86. The average Bonchev–Trinajstić information content (AvgIpc) is 1.97. The van der Waals surface area contributed by atoms with E-state index in [1.807, 2.05) is 0 Å². The van der Waals surface area contributed by atoms with Crippen molar-refractivity contribution in [3.8, 4) is 0 Å². The molecule has 0 spiro atoms. The molecule has 0 aromatic carbocycles. The lowest BCUT2D eigenvalue weighted by Crippen LogP contribution is -2.58. The van der Waals surface area contributed by atoms with Crippen LogP contribution in [0.4, 0.5) is 0 Å². The summed E-state index contributed by atoms with van der Waals surface area (Å²) in [6, 6.07) is 1.49. The van der Waals surface area contributed by atoms with E-state index in [4.69, 9.17) is 5.73 Å². The summed E-state index contributed by atoms with van der Waals surface area (Å²) < 4.78 is 0. The zero-order valence-electron chi connectivity index (χ0n) is 7.96. The van der Waals surface area contributed by atoms with Gasteiger partial charge in [-0.25, -0.2) is 0 Å². The Kier molecular flexibility index (Phi) is 2.55. The second kappa shape index (κ2) is 3.11. The molecule has 11 heavy (non-hydrogen) atoms. The van der Waals surface area contributed by atoms with Gasteiger partial charge in [-0.05, 0) is 25.7 Å². The number of hydrogen-bond acceptors (Lipinski definition) is 2. The summed E-state index contributed by atoms with van der Waals surface area (Å²) in [6.07, 6.45) is 0. The minimum Gasteiger partial charge on any atom is -0.327 e. The summed E-state index contributed by atoms with van der Waals surface area (Å²) in [6.45, 7) is 8.88. The lowest BCUT2D eigenvalue weighted by molar-refractivity contribution is 0.169. The van der Waals surface area contributed by atoms with Crippen LogP contribution in [0.5, 0.6) is 0 Å². The van der Waals surface area contributed by atoms with Crippen LogP contribution < -0.4 is 11.1 Å². The highest BCUT2D eigenvalue weighted by Gasteiger charge is 2.33. The van der Waals surface area contributed by atoms with E-state index in [1.165, 1.54) is 0 Å². The molecule has 1 fully saturated rings. The van der Waals surface area contributed by atoms with E-state index >= 15 is 0 Å². The predicted octanol–water partition coefficient (Wildman–Crippen LogP) is 0.966. The Bertz CT molecular complexity index is 122. The van der Waals surface area contributed by atoms with Gasteiger partial charge in [0.05, 0.1) is 0 Å². The topological polar surface area (TPSA) is 38.0 Å². The molecule has 1 aliphatic heterocycles. The van der Waals surface area contributed by atoms with Gasteiger partial charge in [0.2, 0.25) is 0 Å². The molecule has 0 amide bonds. The highest BCUT2D eigenvalue weighted by molar-refractivity contribution is 4.92. The highest BCUT2D eigenvalue weighted by atomic mass is 15.0. The third-order valence-electron chi connectivity index (χ3n) is 3.32. The summed E-state index contributed by atoms with van der Waals surface area (Å²) in [7, 11) is 0. The van der Waals surface area contributed by atoms with Crippen LogP contribution >= 0.6 is 0 Å².